The van der Waals surface area contributed by atoms with Crippen LogP contribution in [-0.2, 0) is 11.8 Å². The Kier molecular flexibility index (Phi) is 4.61. The molecule has 0 fully saturated rings. The number of nitrogens with one attached hydrogen (secondary N) is 1. The molecule has 1 heterocycles. The molecule has 20 heavy (non-hydrogen) atoms. The second kappa shape index (κ2) is 6.62. The Morgan fingerprint density at radius 3 is 2.75 bits per heavy atom. The van der Waals surface area contributed by atoms with Gasteiger partial charge < -0.3 is 15.2 Å². The largest absolute Gasteiger partial charge is 0.484 e. The highest BCUT2D eigenvalue weighted by atomic mass is 16.5. The van der Waals surface area contributed by atoms with Crippen molar-refractivity contribution in [3.8, 4) is 17.1 Å². The normalized spacial score (nSPS) is 10.3. The van der Waals surface area contributed by atoms with Crippen LogP contribution in [0.5, 0.6) is 5.75 Å². The van der Waals surface area contributed by atoms with E-state index >= 15 is 0 Å². The van der Waals surface area contributed by atoms with Gasteiger partial charge in [-0.05, 0) is 29.5 Å². The van der Waals surface area contributed by atoms with Gasteiger partial charge in [-0.1, -0.05) is 0 Å². The molecule has 0 aliphatic rings. The van der Waals surface area contributed by atoms with E-state index in [9.17, 15) is 4.79 Å². The van der Waals surface area contributed by atoms with Crippen molar-refractivity contribution in [3.63, 3.8) is 0 Å². The fourth-order valence-electron chi connectivity index (χ4n) is 1.50. The van der Waals surface area contributed by atoms with Crippen molar-refractivity contribution in [1.82, 2.24) is 25.5 Å². The lowest BCUT2D eigenvalue weighted by atomic mass is 10.2. The fourth-order valence-corrected chi connectivity index (χ4v) is 1.50. The summed E-state index contributed by atoms with van der Waals surface area (Å²) in [6.07, 6.45) is 0. The molecule has 106 valence electrons. The SMILES string of the molecule is Cn1nnc(-c2ccc(OCC(=O)NCCO)cc2)n1. The Morgan fingerprint density at radius 2 is 2.15 bits per heavy atom. The molecular formula is C12H15N5O3. The number of aliphatic hydroxyl groups excluding tert-OH is 1. The first-order valence-corrected chi connectivity index (χ1v) is 6.04. The monoisotopic (exact) mass is 277 g/mol. The second-order valence-corrected chi connectivity index (χ2v) is 3.99. The molecule has 0 saturated heterocycles. The van der Waals surface area contributed by atoms with Crippen molar-refractivity contribution in [2.24, 2.45) is 7.05 Å². The average Bonchev–Trinajstić information content (AvgIpc) is 2.90. The predicted molar refractivity (Wildman–Crippen MR) is 69.8 cm³/mol. The van der Waals surface area contributed by atoms with Crippen molar-refractivity contribution < 1.29 is 14.6 Å². The maximum Gasteiger partial charge on any atom is 0.258 e. The van der Waals surface area contributed by atoms with Crippen molar-refractivity contribution >= 4 is 5.91 Å². The molecule has 2 rings (SSSR count). The number of carbonyl (C=O) groups is 1. The van der Waals surface area contributed by atoms with Crippen molar-refractivity contribution in [3.05, 3.63) is 24.3 Å². The summed E-state index contributed by atoms with van der Waals surface area (Å²) in [5.74, 6) is 0.815. The third kappa shape index (κ3) is 3.75. The minimum absolute atomic E-state index is 0.0917. The zero-order chi connectivity index (χ0) is 14.4. The summed E-state index contributed by atoms with van der Waals surface area (Å²) in [5.41, 5.74) is 0.815. The van der Waals surface area contributed by atoms with Crippen LogP contribution in [0.4, 0.5) is 0 Å². The van der Waals surface area contributed by atoms with E-state index in [1.807, 2.05) is 0 Å². The first-order valence-electron chi connectivity index (χ1n) is 6.04. The van der Waals surface area contributed by atoms with Crippen LogP contribution in [0.15, 0.2) is 24.3 Å². The molecule has 0 atom stereocenters. The minimum Gasteiger partial charge on any atom is -0.484 e. The third-order valence-corrected chi connectivity index (χ3v) is 2.42. The number of nitrogens with zero attached hydrogens (tertiary/aromatic N) is 4. The Labute approximate surface area is 115 Å². The highest BCUT2D eigenvalue weighted by molar-refractivity contribution is 5.77. The number of benzene rings is 1. The minimum atomic E-state index is -0.279. The van der Waals surface area contributed by atoms with Gasteiger partial charge in [0.2, 0.25) is 5.82 Å². The molecule has 1 aromatic carbocycles. The Hall–Kier alpha value is -2.48. The Morgan fingerprint density at radius 1 is 1.40 bits per heavy atom. The van der Waals surface area contributed by atoms with Crippen LogP contribution in [0.25, 0.3) is 11.4 Å². The van der Waals surface area contributed by atoms with Crippen LogP contribution < -0.4 is 10.1 Å². The quantitative estimate of drug-likeness (QED) is 0.728. The maximum absolute atomic E-state index is 11.3. The summed E-state index contributed by atoms with van der Waals surface area (Å²) < 4.78 is 5.31. The first kappa shape index (κ1) is 13.9. The second-order valence-electron chi connectivity index (χ2n) is 3.99. The zero-order valence-corrected chi connectivity index (χ0v) is 11.0. The average molecular weight is 277 g/mol. The number of ether oxygens (including phenoxy) is 1. The molecule has 8 nitrogen and oxygen atoms in total. The summed E-state index contributed by atoms with van der Waals surface area (Å²) in [6.45, 7) is 0.0355. The Bertz CT molecular complexity index is 567. The molecule has 0 unspecified atom stereocenters. The summed E-state index contributed by atoms with van der Waals surface area (Å²) in [6, 6.07) is 7.03. The van der Waals surface area contributed by atoms with E-state index < -0.39 is 0 Å². The lowest BCUT2D eigenvalue weighted by molar-refractivity contribution is -0.123. The molecule has 0 aliphatic carbocycles. The highest BCUT2D eigenvalue weighted by Gasteiger charge is 2.05. The standard InChI is InChI=1S/C12H15N5O3/c1-17-15-12(14-16-17)9-2-4-10(5-3-9)20-8-11(19)13-6-7-18/h2-5,18H,6-8H2,1H3,(H,13,19). The number of aromatic nitrogens is 4. The van der Waals surface area contributed by atoms with Crippen LogP contribution in [0.3, 0.4) is 0 Å². The van der Waals surface area contributed by atoms with Gasteiger partial charge in [-0.3, -0.25) is 4.79 Å². The van der Waals surface area contributed by atoms with Gasteiger partial charge in [0, 0.05) is 12.1 Å². The number of hydrogen-bond acceptors (Lipinski definition) is 6. The van der Waals surface area contributed by atoms with E-state index in [1.165, 1.54) is 4.80 Å². The lowest BCUT2D eigenvalue weighted by Crippen LogP contribution is -2.31. The number of aliphatic hydroxyl groups is 1. The number of rotatable bonds is 6. The summed E-state index contributed by atoms with van der Waals surface area (Å²) in [7, 11) is 1.69. The van der Waals surface area contributed by atoms with Gasteiger partial charge in [-0.15, -0.1) is 10.2 Å². The van der Waals surface area contributed by atoms with E-state index in [-0.39, 0.29) is 25.7 Å². The molecule has 1 aromatic heterocycles. The Balaban J connectivity index is 1.90. The number of amides is 1. The molecule has 8 heteroatoms. The van der Waals surface area contributed by atoms with E-state index in [0.29, 0.717) is 11.6 Å². The summed E-state index contributed by atoms with van der Waals surface area (Å²) >= 11 is 0. The van der Waals surface area contributed by atoms with Crippen LogP contribution in [0.2, 0.25) is 0 Å². The number of tetrazole rings is 1. The van der Waals surface area contributed by atoms with Crippen LogP contribution >= 0.6 is 0 Å². The smallest absolute Gasteiger partial charge is 0.258 e. The predicted octanol–water partition coefficient (Wildman–Crippen LogP) is -0.636. The molecular weight excluding hydrogens is 262 g/mol. The van der Waals surface area contributed by atoms with Gasteiger partial charge in [0.25, 0.3) is 5.91 Å². The zero-order valence-electron chi connectivity index (χ0n) is 11.0. The first-order chi connectivity index (χ1) is 9.69. The van der Waals surface area contributed by atoms with E-state index in [4.69, 9.17) is 9.84 Å². The van der Waals surface area contributed by atoms with E-state index in [1.54, 1.807) is 31.3 Å². The van der Waals surface area contributed by atoms with Gasteiger partial charge in [0.15, 0.2) is 6.61 Å². The third-order valence-electron chi connectivity index (χ3n) is 2.42. The summed E-state index contributed by atoms with van der Waals surface area (Å²) in [5, 5.41) is 22.8. The number of aryl methyl sites for hydroxylation is 1. The molecule has 0 saturated carbocycles. The molecule has 0 bridgehead atoms. The van der Waals surface area contributed by atoms with Crippen molar-refractivity contribution in [2.45, 2.75) is 0 Å². The van der Waals surface area contributed by atoms with Crippen LogP contribution in [0.1, 0.15) is 0 Å². The molecule has 0 radical (unpaired) electrons. The fraction of sp³-hybridized carbons (Fsp3) is 0.333. The lowest BCUT2D eigenvalue weighted by Gasteiger charge is -2.06. The molecule has 0 aliphatic heterocycles. The topological polar surface area (TPSA) is 102 Å². The van der Waals surface area contributed by atoms with Gasteiger partial charge in [-0.25, -0.2) is 0 Å². The van der Waals surface area contributed by atoms with Crippen molar-refractivity contribution in [2.75, 3.05) is 19.8 Å². The highest BCUT2D eigenvalue weighted by Crippen LogP contribution is 2.18. The molecule has 2 aromatic rings. The van der Waals surface area contributed by atoms with Crippen LogP contribution in [0, 0.1) is 0 Å². The maximum atomic E-state index is 11.3. The number of hydrogen-bond donors (Lipinski definition) is 2. The van der Waals surface area contributed by atoms with E-state index in [2.05, 4.69) is 20.7 Å². The molecule has 2 N–H and O–H groups in total. The van der Waals surface area contributed by atoms with Gasteiger partial charge in [-0.2, -0.15) is 4.80 Å². The number of carbonyl (C=O) groups excluding carboxylic acids is 1. The van der Waals surface area contributed by atoms with Crippen molar-refractivity contribution in [1.29, 1.82) is 0 Å². The molecule has 1 amide bonds. The molecule has 0 spiro atoms. The van der Waals surface area contributed by atoms with Gasteiger partial charge >= 0.3 is 0 Å². The van der Waals surface area contributed by atoms with E-state index in [0.717, 1.165) is 5.56 Å². The van der Waals surface area contributed by atoms with Gasteiger partial charge in [0.05, 0.1) is 13.7 Å². The van der Waals surface area contributed by atoms with Crippen LogP contribution in [-0.4, -0.2) is 51.0 Å². The van der Waals surface area contributed by atoms with Gasteiger partial charge in [0.1, 0.15) is 5.75 Å². The summed E-state index contributed by atoms with van der Waals surface area (Å²) in [4.78, 5) is 12.7.